The molecular weight excluding hydrogens is 166 g/mol. The zero-order chi connectivity index (χ0) is 9.52. The number of nitrogens with one attached hydrogen (secondary N) is 1. The van der Waals surface area contributed by atoms with Crippen LogP contribution in [-0.2, 0) is 4.79 Å². The van der Waals surface area contributed by atoms with Crippen LogP contribution in [0.1, 0.15) is 12.8 Å². The minimum atomic E-state index is -0.152. The second-order valence-electron chi connectivity index (χ2n) is 2.87. The number of hydrogen-bond acceptors (Lipinski definition) is 2. The van der Waals surface area contributed by atoms with Crippen LogP contribution in [0.15, 0.2) is 12.2 Å². The largest absolute Gasteiger partial charge is 0.384 e. The van der Waals surface area contributed by atoms with Gasteiger partial charge in [0, 0.05) is 5.92 Å². The third-order valence-electron chi connectivity index (χ3n) is 1.93. The standard InChI is InChI=1S/C10H13NO2/c12-8-4-3-7-11-10(13)9-5-1-2-6-9/h1-2,9,12H,5-8H2,(H,11,13). The van der Waals surface area contributed by atoms with Crippen LogP contribution in [0.5, 0.6) is 0 Å². The van der Waals surface area contributed by atoms with E-state index in [9.17, 15) is 4.79 Å². The van der Waals surface area contributed by atoms with Crippen molar-refractivity contribution in [1.29, 1.82) is 0 Å². The monoisotopic (exact) mass is 179 g/mol. The average Bonchev–Trinajstić information content (AvgIpc) is 2.65. The molecule has 1 amide bonds. The van der Waals surface area contributed by atoms with Crippen molar-refractivity contribution < 1.29 is 9.90 Å². The van der Waals surface area contributed by atoms with Crippen LogP contribution < -0.4 is 5.32 Å². The molecule has 0 aliphatic heterocycles. The summed E-state index contributed by atoms with van der Waals surface area (Å²) in [5, 5.41) is 11.0. The lowest BCUT2D eigenvalue weighted by Gasteiger charge is -2.07. The molecule has 1 aliphatic carbocycles. The lowest BCUT2D eigenvalue weighted by atomic mass is 10.1. The highest BCUT2D eigenvalue weighted by molar-refractivity contribution is 5.79. The Labute approximate surface area is 77.8 Å². The highest BCUT2D eigenvalue weighted by Crippen LogP contribution is 2.17. The molecule has 0 fully saturated rings. The molecule has 0 bridgehead atoms. The van der Waals surface area contributed by atoms with Gasteiger partial charge in [0.1, 0.15) is 6.61 Å². The first kappa shape index (κ1) is 9.82. The van der Waals surface area contributed by atoms with Crippen molar-refractivity contribution in [2.75, 3.05) is 13.2 Å². The number of aliphatic hydroxyl groups excluding tert-OH is 1. The number of amides is 1. The molecule has 0 saturated carbocycles. The van der Waals surface area contributed by atoms with Gasteiger partial charge < -0.3 is 10.4 Å². The van der Waals surface area contributed by atoms with E-state index in [1.54, 1.807) is 0 Å². The Bertz CT molecular complexity index is 252. The quantitative estimate of drug-likeness (QED) is 0.465. The Morgan fingerprint density at radius 1 is 1.46 bits per heavy atom. The van der Waals surface area contributed by atoms with Crippen LogP contribution in [0.3, 0.4) is 0 Å². The van der Waals surface area contributed by atoms with E-state index in [-0.39, 0.29) is 18.4 Å². The maximum Gasteiger partial charge on any atom is 0.224 e. The summed E-state index contributed by atoms with van der Waals surface area (Å²) < 4.78 is 0. The van der Waals surface area contributed by atoms with E-state index in [1.165, 1.54) is 0 Å². The van der Waals surface area contributed by atoms with E-state index in [0.717, 1.165) is 12.8 Å². The summed E-state index contributed by atoms with van der Waals surface area (Å²) in [6, 6.07) is 0. The summed E-state index contributed by atoms with van der Waals surface area (Å²) in [6.07, 6.45) is 5.70. The molecule has 0 aromatic carbocycles. The maximum absolute atomic E-state index is 11.3. The molecule has 2 N–H and O–H groups in total. The molecule has 0 unspecified atom stereocenters. The van der Waals surface area contributed by atoms with E-state index < -0.39 is 0 Å². The Morgan fingerprint density at radius 2 is 2.15 bits per heavy atom. The van der Waals surface area contributed by atoms with Crippen LogP contribution in [0.25, 0.3) is 0 Å². The Balaban J connectivity index is 2.18. The van der Waals surface area contributed by atoms with E-state index >= 15 is 0 Å². The van der Waals surface area contributed by atoms with Gasteiger partial charge in [-0.1, -0.05) is 24.0 Å². The van der Waals surface area contributed by atoms with Gasteiger partial charge in [0.15, 0.2) is 0 Å². The summed E-state index contributed by atoms with van der Waals surface area (Å²) in [7, 11) is 0. The Hall–Kier alpha value is -1.27. The van der Waals surface area contributed by atoms with Gasteiger partial charge in [-0.15, -0.1) is 0 Å². The van der Waals surface area contributed by atoms with Crippen molar-refractivity contribution in [2.45, 2.75) is 12.8 Å². The lowest BCUT2D eigenvalue weighted by molar-refractivity contribution is -0.124. The fraction of sp³-hybridized carbons (Fsp3) is 0.500. The molecule has 0 aromatic heterocycles. The fourth-order valence-corrected chi connectivity index (χ4v) is 1.23. The van der Waals surface area contributed by atoms with Gasteiger partial charge in [0.25, 0.3) is 0 Å². The molecule has 3 nitrogen and oxygen atoms in total. The molecule has 0 heterocycles. The van der Waals surface area contributed by atoms with E-state index in [0.29, 0.717) is 6.54 Å². The molecule has 0 saturated heterocycles. The molecule has 1 aliphatic rings. The second kappa shape index (κ2) is 5.39. The summed E-state index contributed by atoms with van der Waals surface area (Å²) in [5.74, 6) is 5.25. The average molecular weight is 179 g/mol. The van der Waals surface area contributed by atoms with Gasteiger partial charge in [0.2, 0.25) is 5.91 Å². The van der Waals surface area contributed by atoms with Crippen LogP contribution in [-0.4, -0.2) is 24.2 Å². The zero-order valence-corrected chi connectivity index (χ0v) is 7.42. The number of allylic oxidation sites excluding steroid dienone is 2. The first-order chi connectivity index (χ1) is 6.34. The van der Waals surface area contributed by atoms with Crippen LogP contribution >= 0.6 is 0 Å². The number of aliphatic hydroxyl groups is 1. The van der Waals surface area contributed by atoms with Crippen LogP contribution in [0.4, 0.5) is 0 Å². The minimum absolute atomic E-state index is 0.0530. The molecule has 13 heavy (non-hydrogen) atoms. The van der Waals surface area contributed by atoms with Crippen LogP contribution in [0.2, 0.25) is 0 Å². The third kappa shape index (κ3) is 3.30. The Morgan fingerprint density at radius 3 is 2.77 bits per heavy atom. The number of hydrogen-bond donors (Lipinski definition) is 2. The Kier molecular flexibility index (Phi) is 4.07. The molecule has 70 valence electrons. The summed E-state index contributed by atoms with van der Waals surface area (Å²) in [6.45, 7) is 0.177. The highest BCUT2D eigenvalue weighted by atomic mass is 16.2. The lowest BCUT2D eigenvalue weighted by Crippen LogP contribution is -2.29. The zero-order valence-electron chi connectivity index (χ0n) is 7.42. The van der Waals surface area contributed by atoms with Crippen molar-refractivity contribution in [3.05, 3.63) is 12.2 Å². The molecule has 0 atom stereocenters. The summed E-state index contributed by atoms with van der Waals surface area (Å²) >= 11 is 0. The molecule has 3 heteroatoms. The van der Waals surface area contributed by atoms with Gasteiger partial charge in [-0.2, -0.15) is 0 Å². The first-order valence-electron chi connectivity index (χ1n) is 4.34. The third-order valence-corrected chi connectivity index (χ3v) is 1.93. The molecule has 0 spiro atoms. The highest BCUT2D eigenvalue weighted by Gasteiger charge is 2.17. The van der Waals surface area contributed by atoms with Gasteiger partial charge in [-0.05, 0) is 12.8 Å². The molecule has 0 radical (unpaired) electrons. The second-order valence-corrected chi connectivity index (χ2v) is 2.87. The molecular formula is C10H13NO2. The summed E-state index contributed by atoms with van der Waals surface area (Å²) in [4.78, 5) is 11.3. The van der Waals surface area contributed by atoms with Gasteiger partial charge in [-0.3, -0.25) is 4.79 Å². The van der Waals surface area contributed by atoms with E-state index in [2.05, 4.69) is 17.2 Å². The number of carbonyl (C=O) groups excluding carboxylic acids is 1. The normalized spacial score (nSPS) is 15.2. The van der Waals surface area contributed by atoms with Crippen molar-refractivity contribution in [2.24, 2.45) is 5.92 Å². The number of carbonyl (C=O) groups is 1. The summed E-state index contributed by atoms with van der Waals surface area (Å²) in [5.41, 5.74) is 0. The predicted octanol–water partition coefficient (Wildman–Crippen LogP) is 0.0645. The van der Waals surface area contributed by atoms with E-state index in [4.69, 9.17) is 5.11 Å². The van der Waals surface area contributed by atoms with Crippen molar-refractivity contribution in [3.8, 4) is 11.8 Å². The predicted molar refractivity (Wildman–Crippen MR) is 49.7 cm³/mol. The first-order valence-corrected chi connectivity index (χ1v) is 4.34. The van der Waals surface area contributed by atoms with Gasteiger partial charge in [-0.25, -0.2) is 0 Å². The smallest absolute Gasteiger partial charge is 0.224 e. The van der Waals surface area contributed by atoms with Crippen molar-refractivity contribution in [3.63, 3.8) is 0 Å². The van der Waals surface area contributed by atoms with E-state index in [1.807, 2.05) is 12.2 Å². The fourth-order valence-electron chi connectivity index (χ4n) is 1.23. The molecule has 1 rings (SSSR count). The minimum Gasteiger partial charge on any atom is -0.384 e. The van der Waals surface area contributed by atoms with Crippen molar-refractivity contribution >= 4 is 5.91 Å². The van der Waals surface area contributed by atoms with Gasteiger partial charge in [0.05, 0.1) is 6.54 Å². The van der Waals surface area contributed by atoms with Crippen LogP contribution in [0, 0.1) is 17.8 Å². The maximum atomic E-state index is 11.3. The van der Waals surface area contributed by atoms with Gasteiger partial charge >= 0.3 is 0 Å². The number of rotatable bonds is 2. The topological polar surface area (TPSA) is 49.3 Å². The molecule has 0 aromatic rings. The SMILES string of the molecule is O=C(NCC#CCO)C1CC=CC1. The van der Waals surface area contributed by atoms with Crippen molar-refractivity contribution in [1.82, 2.24) is 5.32 Å².